The summed E-state index contributed by atoms with van der Waals surface area (Å²) >= 11 is 0. The summed E-state index contributed by atoms with van der Waals surface area (Å²) in [5, 5.41) is 2.92. The molecular formula is C13H24N4O. The molecule has 0 radical (unpaired) electrons. The predicted octanol–water partition coefficient (Wildman–Crippen LogP) is 1.15. The summed E-state index contributed by atoms with van der Waals surface area (Å²) < 4.78 is 1.95. The molecule has 1 heterocycles. The molecule has 0 spiro atoms. The molecule has 1 aromatic heterocycles. The Morgan fingerprint density at radius 1 is 1.50 bits per heavy atom. The number of amides is 1. The van der Waals surface area contributed by atoms with Gasteiger partial charge in [0.2, 0.25) is 5.91 Å². The Balaban J connectivity index is 2.09. The van der Waals surface area contributed by atoms with Gasteiger partial charge in [-0.3, -0.25) is 4.79 Å². The van der Waals surface area contributed by atoms with Gasteiger partial charge < -0.3 is 15.6 Å². The summed E-state index contributed by atoms with van der Waals surface area (Å²) in [7, 11) is 0. The van der Waals surface area contributed by atoms with Gasteiger partial charge in [0, 0.05) is 31.9 Å². The molecule has 0 aliphatic heterocycles. The molecule has 1 rings (SSSR count). The highest BCUT2D eigenvalue weighted by atomic mass is 16.1. The lowest BCUT2D eigenvalue weighted by atomic mass is 9.96. The SMILES string of the molecule is CCC(CCN)CCC(=O)NCCn1ccnc1. The number of carbonyl (C=O) groups excluding carboxylic acids is 1. The number of nitrogens with zero attached hydrogens (tertiary/aromatic N) is 2. The quantitative estimate of drug-likeness (QED) is 0.692. The van der Waals surface area contributed by atoms with E-state index < -0.39 is 0 Å². The minimum atomic E-state index is 0.130. The molecule has 1 aromatic rings. The Kier molecular flexibility index (Phi) is 7.10. The van der Waals surface area contributed by atoms with Crippen LogP contribution in [0.2, 0.25) is 0 Å². The molecule has 0 aromatic carbocycles. The van der Waals surface area contributed by atoms with E-state index in [1.165, 1.54) is 0 Å². The first kappa shape index (κ1) is 14.7. The van der Waals surface area contributed by atoms with Gasteiger partial charge in [0.15, 0.2) is 0 Å². The number of carbonyl (C=O) groups is 1. The lowest BCUT2D eigenvalue weighted by molar-refractivity contribution is -0.121. The average molecular weight is 252 g/mol. The molecule has 18 heavy (non-hydrogen) atoms. The topological polar surface area (TPSA) is 72.9 Å². The molecule has 5 heteroatoms. The highest BCUT2D eigenvalue weighted by Gasteiger charge is 2.08. The van der Waals surface area contributed by atoms with E-state index in [0.29, 0.717) is 25.4 Å². The van der Waals surface area contributed by atoms with Crippen molar-refractivity contribution in [1.82, 2.24) is 14.9 Å². The van der Waals surface area contributed by atoms with E-state index in [9.17, 15) is 4.79 Å². The summed E-state index contributed by atoms with van der Waals surface area (Å²) in [6, 6.07) is 0. The van der Waals surface area contributed by atoms with Crippen molar-refractivity contribution in [3.63, 3.8) is 0 Å². The van der Waals surface area contributed by atoms with E-state index in [-0.39, 0.29) is 5.91 Å². The van der Waals surface area contributed by atoms with E-state index in [2.05, 4.69) is 17.2 Å². The summed E-state index contributed by atoms with van der Waals surface area (Å²) in [5.41, 5.74) is 5.54. The van der Waals surface area contributed by atoms with Crippen LogP contribution in [0.1, 0.15) is 32.6 Å². The number of hydrogen-bond acceptors (Lipinski definition) is 3. The Labute approximate surface area is 109 Å². The third-order valence-corrected chi connectivity index (χ3v) is 3.18. The zero-order chi connectivity index (χ0) is 13.2. The van der Waals surface area contributed by atoms with Gasteiger partial charge in [-0.25, -0.2) is 4.98 Å². The fraction of sp³-hybridized carbons (Fsp3) is 0.692. The third-order valence-electron chi connectivity index (χ3n) is 3.18. The van der Waals surface area contributed by atoms with Crippen molar-refractivity contribution in [2.75, 3.05) is 13.1 Å². The molecular weight excluding hydrogens is 228 g/mol. The first-order valence-corrected chi connectivity index (χ1v) is 6.68. The number of aromatic nitrogens is 2. The zero-order valence-electron chi connectivity index (χ0n) is 11.1. The van der Waals surface area contributed by atoms with E-state index in [1.807, 2.05) is 10.8 Å². The van der Waals surface area contributed by atoms with Crippen LogP contribution in [0, 0.1) is 5.92 Å². The van der Waals surface area contributed by atoms with E-state index in [1.54, 1.807) is 12.5 Å². The molecule has 0 saturated heterocycles. The Morgan fingerprint density at radius 2 is 2.33 bits per heavy atom. The van der Waals surface area contributed by atoms with Crippen LogP contribution < -0.4 is 11.1 Å². The summed E-state index contributed by atoms with van der Waals surface area (Å²) in [6.45, 7) is 4.28. The smallest absolute Gasteiger partial charge is 0.220 e. The highest BCUT2D eigenvalue weighted by molar-refractivity contribution is 5.75. The fourth-order valence-corrected chi connectivity index (χ4v) is 1.96. The molecule has 1 amide bonds. The first-order valence-electron chi connectivity index (χ1n) is 6.68. The van der Waals surface area contributed by atoms with Gasteiger partial charge in [0.1, 0.15) is 0 Å². The van der Waals surface area contributed by atoms with Gasteiger partial charge in [-0.1, -0.05) is 13.3 Å². The highest BCUT2D eigenvalue weighted by Crippen LogP contribution is 2.14. The van der Waals surface area contributed by atoms with Gasteiger partial charge in [-0.05, 0) is 25.3 Å². The second kappa shape index (κ2) is 8.69. The average Bonchev–Trinajstić information content (AvgIpc) is 2.87. The number of nitrogens with one attached hydrogen (secondary N) is 1. The summed E-state index contributed by atoms with van der Waals surface area (Å²) in [4.78, 5) is 15.6. The molecule has 0 fully saturated rings. The number of imidazole rings is 1. The van der Waals surface area contributed by atoms with Gasteiger partial charge in [0.25, 0.3) is 0 Å². The first-order chi connectivity index (χ1) is 8.76. The van der Waals surface area contributed by atoms with E-state index >= 15 is 0 Å². The fourth-order valence-electron chi connectivity index (χ4n) is 1.96. The minimum Gasteiger partial charge on any atom is -0.354 e. The van der Waals surface area contributed by atoms with Crippen molar-refractivity contribution >= 4 is 5.91 Å². The maximum absolute atomic E-state index is 11.6. The lowest BCUT2D eigenvalue weighted by Gasteiger charge is -2.13. The Morgan fingerprint density at radius 3 is 2.94 bits per heavy atom. The van der Waals surface area contributed by atoms with Crippen LogP contribution in [0.3, 0.4) is 0 Å². The van der Waals surface area contributed by atoms with Crippen molar-refractivity contribution in [3.05, 3.63) is 18.7 Å². The maximum atomic E-state index is 11.6. The molecule has 102 valence electrons. The van der Waals surface area contributed by atoms with Crippen LogP contribution in [-0.2, 0) is 11.3 Å². The standard InChI is InChI=1S/C13H24N4O/c1-2-12(5-6-14)3-4-13(18)16-8-10-17-9-7-15-11-17/h7,9,11-12H,2-6,8,10,14H2,1H3,(H,16,18). The zero-order valence-corrected chi connectivity index (χ0v) is 11.1. The van der Waals surface area contributed by atoms with E-state index in [0.717, 1.165) is 25.8 Å². The van der Waals surface area contributed by atoms with Crippen LogP contribution in [0.4, 0.5) is 0 Å². The van der Waals surface area contributed by atoms with Crippen molar-refractivity contribution in [2.45, 2.75) is 39.2 Å². The molecule has 0 aliphatic carbocycles. The Bertz CT molecular complexity index is 324. The molecule has 5 nitrogen and oxygen atoms in total. The van der Waals surface area contributed by atoms with Crippen LogP contribution >= 0.6 is 0 Å². The summed E-state index contributed by atoms with van der Waals surface area (Å²) in [6.07, 6.45) is 9.02. The lowest BCUT2D eigenvalue weighted by Crippen LogP contribution is -2.27. The minimum absolute atomic E-state index is 0.130. The predicted molar refractivity (Wildman–Crippen MR) is 71.9 cm³/mol. The van der Waals surface area contributed by atoms with Crippen molar-refractivity contribution in [1.29, 1.82) is 0 Å². The number of rotatable bonds is 9. The Hall–Kier alpha value is -1.36. The van der Waals surface area contributed by atoms with Gasteiger partial charge in [-0.2, -0.15) is 0 Å². The molecule has 1 atom stereocenters. The van der Waals surface area contributed by atoms with Gasteiger partial charge >= 0.3 is 0 Å². The van der Waals surface area contributed by atoms with Crippen LogP contribution in [-0.4, -0.2) is 28.5 Å². The maximum Gasteiger partial charge on any atom is 0.220 e. The molecule has 0 aliphatic rings. The van der Waals surface area contributed by atoms with Gasteiger partial charge in [0.05, 0.1) is 6.33 Å². The molecule has 0 bridgehead atoms. The largest absolute Gasteiger partial charge is 0.354 e. The third kappa shape index (κ3) is 5.82. The van der Waals surface area contributed by atoms with Crippen molar-refractivity contribution in [2.24, 2.45) is 11.7 Å². The molecule has 1 unspecified atom stereocenters. The normalized spacial score (nSPS) is 12.3. The van der Waals surface area contributed by atoms with Crippen molar-refractivity contribution < 1.29 is 4.79 Å². The molecule has 0 saturated carbocycles. The van der Waals surface area contributed by atoms with E-state index in [4.69, 9.17) is 5.73 Å². The summed E-state index contributed by atoms with van der Waals surface area (Å²) in [5.74, 6) is 0.708. The monoisotopic (exact) mass is 252 g/mol. The van der Waals surface area contributed by atoms with Crippen LogP contribution in [0.15, 0.2) is 18.7 Å². The number of nitrogens with two attached hydrogens (primary N) is 1. The van der Waals surface area contributed by atoms with Gasteiger partial charge in [-0.15, -0.1) is 0 Å². The number of hydrogen-bond donors (Lipinski definition) is 2. The molecule has 3 N–H and O–H groups in total. The second-order valence-corrected chi connectivity index (χ2v) is 4.54. The van der Waals surface area contributed by atoms with Crippen LogP contribution in [0.5, 0.6) is 0 Å². The van der Waals surface area contributed by atoms with Crippen molar-refractivity contribution in [3.8, 4) is 0 Å². The van der Waals surface area contributed by atoms with Crippen LogP contribution in [0.25, 0.3) is 0 Å². The second-order valence-electron chi connectivity index (χ2n) is 4.54.